The SMILES string of the molecule is c1ncn(CC2CCCO2)c1C1CCCN1. The lowest BCUT2D eigenvalue weighted by atomic mass is 10.1. The van der Waals surface area contributed by atoms with Crippen molar-refractivity contribution in [2.45, 2.75) is 44.4 Å². The zero-order valence-corrected chi connectivity index (χ0v) is 9.56. The Kier molecular flexibility index (Phi) is 2.93. The van der Waals surface area contributed by atoms with Gasteiger partial charge in [0, 0.05) is 18.8 Å². The third-order valence-corrected chi connectivity index (χ3v) is 3.59. The molecule has 0 bridgehead atoms. The monoisotopic (exact) mass is 221 g/mol. The fraction of sp³-hybridized carbons (Fsp3) is 0.750. The molecule has 0 aliphatic carbocycles. The van der Waals surface area contributed by atoms with E-state index in [4.69, 9.17) is 4.74 Å². The summed E-state index contributed by atoms with van der Waals surface area (Å²) in [6.07, 6.45) is 9.24. The van der Waals surface area contributed by atoms with Crippen LogP contribution in [-0.2, 0) is 11.3 Å². The third-order valence-electron chi connectivity index (χ3n) is 3.59. The van der Waals surface area contributed by atoms with E-state index in [9.17, 15) is 0 Å². The van der Waals surface area contributed by atoms with Crippen LogP contribution in [0.15, 0.2) is 12.5 Å². The van der Waals surface area contributed by atoms with Crippen molar-refractivity contribution in [2.75, 3.05) is 13.2 Å². The van der Waals surface area contributed by atoms with Crippen molar-refractivity contribution in [1.29, 1.82) is 0 Å². The van der Waals surface area contributed by atoms with Gasteiger partial charge in [0.25, 0.3) is 0 Å². The average Bonchev–Trinajstić information content (AvgIpc) is 2.98. The van der Waals surface area contributed by atoms with Crippen LogP contribution in [0.5, 0.6) is 0 Å². The normalized spacial score (nSPS) is 30.0. The van der Waals surface area contributed by atoms with Gasteiger partial charge in [-0.3, -0.25) is 0 Å². The molecule has 0 saturated carbocycles. The minimum absolute atomic E-state index is 0.398. The Labute approximate surface area is 96.0 Å². The van der Waals surface area contributed by atoms with Gasteiger partial charge in [0.1, 0.15) is 0 Å². The van der Waals surface area contributed by atoms with Crippen LogP contribution >= 0.6 is 0 Å². The van der Waals surface area contributed by atoms with E-state index in [-0.39, 0.29) is 0 Å². The van der Waals surface area contributed by atoms with Crippen LogP contribution in [0.2, 0.25) is 0 Å². The lowest BCUT2D eigenvalue weighted by Crippen LogP contribution is -2.21. The van der Waals surface area contributed by atoms with Crippen molar-refractivity contribution in [3.8, 4) is 0 Å². The topological polar surface area (TPSA) is 39.1 Å². The zero-order valence-electron chi connectivity index (χ0n) is 9.56. The van der Waals surface area contributed by atoms with Crippen LogP contribution in [0, 0.1) is 0 Å². The third kappa shape index (κ3) is 1.99. The van der Waals surface area contributed by atoms with Crippen LogP contribution in [0.3, 0.4) is 0 Å². The van der Waals surface area contributed by atoms with E-state index < -0.39 is 0 Å². The highest BCUT2D eigenvalue weighted by molar-refractivity contribution is 5.07. The van der Waals surface area contributed by atoms with E-state index in [0.29, 0.717) is 12.1 Å². The summed E-state index contributed by atoms with van der Waals surface area (Å²) in [6, 6.07) is 0.504. The van der Waals surface area contributed by atoms with E-state index in [2.05, 4.69) is 14.9 Å². The Hall–Kier alpha value is -0.870. The second kappa shape index (κ2) is 4.55. The van der Waals surface area contributed by atoms with Gasteiger partial charge in [-0.05, 0) is 32.2 Å². The summed E-state index contributed by atoms with van der Waals surface area (Å²) in [4.78, 5) is 4.28. The molecule has 1 aromatic rings. The zero-order chi connectivity index (χ0) is 10.8. The van der Waals surface area contributed by atoms with Gasteiger partial charge in [-0.25, -0.2) is 4.98 Å². The molecule has 2 atom stereocenters. The second-order valence-electron chi connectivity index (χ2n) is 4.75. The number of imidazole rings is 1. The molecule has 3 rings (SSSR count). The van der Waals surface area contributed by atoms with E-state index >= 15 is 0 Å². The summed E-state index contributed by atoms with van der Waals surface area (Å²) in [5.74, 6) is 0. The van der Waals surface area contributed by atoms with Crippen molar-refractivity contribution in [3.05, 3.63) is 18.2 Å². The van der Waals surface area contributed by atoms with Crippen molar-refractivity contribution in [2.24, 2.45) is 0 Å². The summed E-state index contributed by atoms with van der Waals surface area (Å²) >= 11 is 0. The predicted octanol–water partition coefficient (Wildman–Crippen LogP) is 1.49. The second-order valence-corrected chi connectivity index (χ2v) is 4.75. The molecule has 2 unspecified atom stereocenters. The van der Waals surface area contributed by atoms with Gasteiger partial charge in [0.15, 0.2) is 0 Å². The average molecular weight is 221 g/mol. The minimum atomic E-state index is 0.398. The maximum atomic E-state index is 5.67. The Morgan fingerprint density at radius 2 is 2.44 bits per heavy atom. The summed E-state index contributed by atoms with van der Waals surface area (Å²) in [6.45, 7) is 3.03. The quantitative estimate of drug-likeness (QED) is 0.840. The van der Waals surface area contributed by atoms with E-state index in [0.717, 1.165) is 19.7 Å². The molecule has 3 heterocycles. The van der Waals surface area contributed by atoms with Gasteiger partial charge in [0.2, 0.25) is 0 Å². The van der Waals surface area contributed by atoms with Crippen molar-refractivity contribution < 1.29 is 4.74 Å². The van der Waals surface area contributed by atoms with Crippen LogP contribution in [-0.4, -0.2) is 28.8 Å². The number of hydrogen-bond donors (Lipinski definition) is 1. The molecular weight excluding hydrogens is 202 g/mol. The first-order valence-corrected chi connectivity index (χ1v) is 6.28. The summed E-state index contributed by atoms with van der Waals surface area (Å²) in [7, 11) is 0. The highest BCUT2D eigenvalue weighted by Gasteiger charge is 2.22. The van der Waals surface area contributed by atoms with Crippen molar-refractivity contribution >= 4 is 0 Å². The molecule has 2 aliphatic rings. The van der Waals surface area contributed by atoms with Crippen LogP contribution in [0.25, 0.3) is 0 Å². The lowest BCUT2D eigenvalue weighted by molar-refractivity contribution is 0.0960. The standard InChI is InChI=1S/C12H19N3O/c1-4-11(14-5-1)12-7-13-9-15(12)8-10-3-2-6-16-10/h7,9-11,14H,1-6,8H2. The van der Waals surface area contributed by atoms with Crippen LogP contribution in [0.4, 0.5) is 0 Å². The Balaban J connectivity index is 1.71. The Morgan fingerprint density at radius 3 is 3.19 bits per heavy atom. The van der Waals surface area contributed by atoms with E-state index in [1.54, 1.807) is 0 Å². The van der Waals surface area contributed by atoms with E-state index in [1.165, 1.54) is 31.4 Å². The van der Waals surface area contributed by atoms with Crippen LogP contribution < -0.4 is 5.32 Å². The number of nitrogens with one attached hydrogen (secondary N) is 1. The molecule has 1 N–H and O–H groups in total. The fourth-order valence-corrected chi connectivity index (χ4v) is 2.72. The molecule has 16 heavy (non-hydrogen) atoms. The number of hydrogen-bond acceptors (Lipinski definition) is 3. The summed E-state index contributed by atoms with van der Waals surface area (Å²) < 4.78 is 7.94. The van der Waals surface area contributed by atoms with Crippen LogP contribution in [0.1, 0.15) is 37.4 Å². The highest BCUT2D eigenvalue weighted by atomic mass is 16.5. The maximum absolute atomic E-state index is 5.67. The molecule has 0 aromatic carbocycles. The molecule has 2 aliphatic heterocycles. The first-order valence-electron chi connectivity index (χ1n) is 6.28. The van der Waals surface area contributed by atoms with Gasteiger partial charge in [0.05, 0.1) is 24.7 Å². The number of nitrogens with zero attached hydrogens (tertiary/aromatic N) is 2. The fourth-order valence-electron chi connectivity index (χ4n) is 2.72. The molecule has 4 heteroatoms. The molecule has 0 spiro atoms. The molecule has 0 amide bonds. The predicted molar refractivity (Wildman–Crippen MR) is 61.2 cm³/mol. The smallest absolute Gasteiger partial charge is 0.0949 e. The number of aromatic nitrogens is 2. The molecule has 4 nitrogen and oxygen atoms in total. The van der Waals surface area contributed by atoms with Crippen molar-refractivity contribution in [3.63, 3.8) is 0 Å². The maximum Gasteiger partial charge on any atom is 0.0949 e. The number of rotatable bonds is 3. The molecular formula is C12H19N3O. The van der Waals surface area contributed by atoms with Gasteiger partial charge < -0.3 is 14.6 Å². The molecule has 2 saturated heterocycles. The van der Waals surface area contributed by atoms with E-state index in [1.807, 2.05) is 12.5 Å². The van der Waals surface area contributed by atoms with Gasteiger partial charge in [-0.2, -0.15) is 0 Å². The summed E-state index contributed by atoms with van der Waals surface area (Å²) in [5, 5.41) is 3.52. The van der Waals surface area contributed by atoms with Gasteiger partial charge in [-0.15, -0.1) is 0 Å². The molecule has 2 fully saturated rings. The molecule has 1 aromatic heterocycles. The molecule has 0 radical (unpaired) electrons. The molecule has 88 valence electrons. The Bertz CT molecular complexity index is 338. The first-order chi connectivity index (χ1) is 7.93. The lowest BCUT2D eigenvalue weighted by Gasteiger charge is -2.16. The summed E-state index contributed by atoms with van der Waals surface area (Å²) in [5.41, 5.74) is 1.33. The van der Waals surface area contributed by atoms with Gasteiger partial charge >= 0.3 is 0 Å². The van der Waals surface area contributed by atoms with Crippen molar-refractivity contribution in [1.82, 2.24) is 14.9 Å². The number of ether oxygens (including phenoxy) is 1. The first kappa shape index (κ1) is 10.3. The highest BCUT2D eigenvalue weighted by Crippen LogP contribution is 2.24. The van der Waals surface area contributed by atoms with Gasteiger partial charge in [-0.1, -0.05) is 0 Å². The largest absolute Gasteiger partial charge is 0.376 e. The minimum Gasteiger partial charge on any atom is -0.376 e. The Morgan fingerprint density at radius 1 is 1.44 bits per heavy atom.